The van der Waals surface area contributed by atoms with Gasteiger partial charge in [0.05, 0.1) is 0 Å². The van der Waals surface area contributed by atoms with E-state index in [1.807, 2.05) is 0 Å². The van der Waals surface area contributed by atoms with E-state index in [0.717, 1.165) is 5.69 Å². The van der Waals surface area contributed by atoms with Crippen molar-refractivity contribution in [1.82, 2.24) is 4.90 Å². The summed E-state index contributed by atoms with van der Waals surface area (Å²) in [4.78, 5) is 2.27. The maximum Gasteiger partial charge on any atom is 0.119 e. The van der Waals surface area contributed by atoms with Gasteiger partial charge in [-0.2, -0.15) is 0 Å². The van der Waals surface area contributed by atoms with Gasteiger partial charge in [-0.25, -0.2) is 0 Å². The Morgan fingerprint density at radius 2 is 2.16 bits per heavy atom. The Balaban J connectivity index is 2.19. The van der Waals surface area contributed by atoms with E-state index in [0.29, 0.717) is 12.6 Å². The Hall–Kier alpha value is -1.01. The van der Waals surface area contributed by atoms with Crippen LogP contribution in [0.15, 0.2) is 46.2 Å². The highest BCUT2D eigenvalue weighted by atomic mass is 127. The number of nitrogens with zero attached hydrogens (tertiary/aromatic N) is 1. The molecule has 0 radical (unpaired) electrons. The van der Waals surface area contributed by atoms with Gasteiger partial charge in [-0.15, -0.1) is 0 Å². The minimum Gasteiger partial charge on any atom is -0.362 e. The molecule has 0 fully saturated rings. The van der Waals surface area contributed by atoms with E-state index in [1.54, 1.807) is 0 Å². The van der Waals surface area contributed by atoms with Crippen LogP contribution < -0.4 is 11.1 Å². The van der Waals surface area contributed by atoms with E-state index in [-0.39, 0.29) is 6.17 Å². The number of benzene rings is 1. The minimum absolute atomic E-state index is 0.151. The van der Waals surface area contributed by atoms with E-state index >= 15 is 0 Å². The van der Waals surface area contributed by atoms with Crippen molar-refractivity contribution < 1.29 is 0 Å². The summed E-state index contributed by atoms with van der Waals surface area (Å²) in [7, 11) is 0. The molecule has 1 aromatic carbocycles. The first kappa shape index (κ1) is 14.4. The molecule has 0 bridgehead atoms. The fraction of sp³-hybridized carbons (Fsp3) is 0.333. The van der Waals surface area contributed by atoms with Crippen LogP contribution in [0, 0.1) is 6.92 Å². The number of hydrogen-bond donors (Lipinski definition) is 2. The molecule has 1 aliphatic rings. The summed E-state index contributed by atoms with van der Waals surface area (Å²) >= 11 is 2.33. The SMILES string of the molecule is Cc1ccccc1NC1C=CC(I)=CN1C(C)CN. The van der Waals surface area contributed by atoms with Crippen molar-refractivity contribution in [1.29, 1.82) is 0 Å². The van der Waals surface area contributed by atoms with Crippen molar-refractivity contribution in [3.63, 3.8) is 0 Å². The lowest BCUT2D eigenvalue weighted by atomic mass is 10.1. The molecule has 19 heavy (non-hydrogen) atoms. The molecule has 3 nitrogen and oxygen atoms in total. The zero-order chi connectivity index (χ0) is 13.8. The highest BCUT2D eigenvalue weighted by molar-refractivity contribution is 14.1. The highest BCUT2D eigenvalue weighted by Gasteiger charge is 2.20. The van der Waals surface area contributed by atoms with Gasteiger partial charge in [0, 0.05) is 28.1 Å². The molecule has 0 spiro atoms. The predicted octanol–water partition coefficient (Wildman–Crippen LogP) is 3.23. The van der Waals surface area contributed by atoms with Crippen molar-refractivity contribution in [2.75, 3.05) is 11.9 Å². The third-order valence-electron chi connectivity index (χ3n) is 3.33. The average Bonchev–Trinajstić information content (AvgIpc) is 2.42. The van der Waals surface area contributed by atoms with Gasteiger partial charge in [0.25, 0.3) is 0 Å². The number of halogens is 1. The molecule has 2 unspecified atom stereocenters. The maximum absolute atomic E-state index is 5.81. The minimum atomic E-state index is 0.151. The molecule has 2 atom stereocenters. The van der Waals surface area contributed by atoms with Gasteiger partial charge < -0.3 is 16.0 Å². The van der Waals surface area contributed by atoms with Gasteiger partial charge in [-0.05, 0) is 60.2 Å². The summed E-state index contributed by atoms with van der Waals surface area (Å²) < 4.78 is 1.22. The van der Waals surface area contributed by atoms with Crippen LogP contribution in [0.4, 0.5) is 5.69 Å². The number of nitrogens with two attached hydrogens (primary N) is 1. The maximum atomic E-state index is 5.81. The summed E-state index contributed by atoms with van der Waals surface area (Å²) in [6, 6.07) is 8.64. The zero-order valence-electron chi connectivity index (χ0n) is 11.3. The van der Waals surface area contributed by atoms with Crippen LogP contribution in [-0.2, 0) is 0 Å². The van der Waals surface area contributed by atoms with Crippen molar-refractivity contribution in [2.45, 2.75) is 26.1 Å². The quantitative estimate of drug-likeness (QED) is 0.801. The molecule has 0 saturated carbocycles. The fourth-order valence-corrected chi connectivity index (χ4v) is 2.62. The van der Waals surface area contributed by atoms with Gasteiger partial charge in [-0.1, -0.05) is 18.2 Å². The molecular formula is C15H20IN3. The molecule has 102 valence electrons. The number of hydrogen-bond acceptors (Lipinski definition) is 3. The van der Waals surface area contributed by atoms with Gasteiger partial charge in [-0.3, -0.25) is 0 Å². The first-order chi connectivity index (χ1) is 9.11. The monoisotopic (exact) mass is 369 g/mol. The van der Waals surface area contributed by atoms with E-state index in [1.165, 1.54) is 9.14 Å². The average molecular weight is 369 g/mol. The third kappa shape index (κ3) is 3.51. The number of aryl methyl sites for hydroxylation is 1. The molecule has 3 N–H and O–H groups in total. The first-order valence-electron chi connectivity index (χ1n) is 6.47. The van der Waals surface area contributed by atoms with Gasteiger partial charge >= 0.3 is 0 Å². The van der Waals surface area contributed by atoms with E-state index in [2.05, 4.69) is 89.3 Å². The predicted molar refractivity (Wildman–Crippen MR) is 90.2 cm³/mol. The third-order valence-corrected chi connectivity index (χ3v) is 3.97. The Bertz CT molecular complexity index is 496. The molecule has 4 heteroatoms. The molecule has 1 aliphatic heterocycles. The molecule has 0 amide bonds. The normalized spacial score (nSPS) is 20.1. The van der Waals surface area contributed by atoms with E-state index < -0.39 is 0 Å². The number of nitrogens with one attached hydrogen (secondary N) is 1. The van der Waals surface area contributed by atoms with Crippen LogP contribution in [0.25, 0.3) is 0 Å². The standard InChI is InChI=1S/C15H20IN3/c1-11-5-3-4-6-14(11)18-15-8-7-13(16)10-19(15)12(2)9-17/h3-8,10,12,15,18H,9,17H2,1-2H3. The van der Waals surface area contributed by atoms with Crippen molar-refractivity contribution >= 4 is 28.3 Å². The first-order valence-corrected chi connectivity index (χ1v) is 7.55. The summed E-state index contributed by atoms with van der Waals surface area (Å²) in [6.45, 7) is 4.90. The summed E-state index contributed by atoms with van der Waals surface area (Å²) in [5.41, 5.74) is 8.22. The fourth-order valence-electron chi connectivity index (χ4n) is 2.09. The molecule has 1 aromatic rings. The van der Waals surface area contributed by atoms with Crippen LogP contribution >= 0.6 is 22.6 Å². The molecule has 0 aromatic heterocycles. The van der Waals surface area contributed by atoms with Gasteiger partial charge in [0.2, 0.25) is 0 Å². The molecule has 2 rings (SSSR count). The molecule has 0 saturated heterocycles. The van der Waals surface area contributed by atoms with Crippen LogP contribution in [0.3, 0.4) is 0 Å². The zero-order valence-corrected chi connectivity index (χ0v) is 13.5. The number of anilines is 1. The lowest BCUT2D eigenvalue weighted by molar-refractivity contribution is 0.268. The largest absolute Gasteiger partial charge is 0.362 e. The summed E-state index contributed by atoms with van der Waals surface area (Å²) in [6.07, 6.45) is 6.63. The second kappa shape index (κ2) is 6.43. The van der Waals surface area contributed by atoms with Crippen molar-refractivity contribution in [3.8, 4) is 0 Å². The van der Waals surface area contributed by atoms with E-state index in [4.69, 9.17) is 5.73 Å². The smallest absolute Gasteiger partial charge is 0.119 e. The Kier molecular flexibility index (Phi) is 4.87. The lowest BCUT2D eigenvalue weighted by Gasteiger charge is -2.37. The number of para-hydroxylation sites is 1. The molecular weight excluding hydrogens is 349 g/mol. The molecule has 0 aliphatic carbocycles. The van der Waals surface area contributed by atoms with E-state index in [9.17, 15) is 0 Å². The van der Waals surface area contributed by atoms with Crippen LogP contribution in [0.1, 0.15) is 12.5 Å². The summed E-state index contributed by atoms with van der Waals surface area (Å²) in [5.74, 6) is 0. The van der Waals surface area contributed by atoms with Crippen LogP contribution in [0.5, 0.6) is 0 Å². The Morgan fingerprint density at radius 3 is 2.84 bits per heavy atom. The van der Waals surface area contributed by atoms with Crippen molar-refractivity contribution in [2.24, 2.45) is 5.73 Å². The molecule has 1 heterocycles. The number of rotatable bonds is 4. The summed E-state index contributed by atoms with van der Waals surface area (Å²) in [5, 5.41) is 3.57. The lowest BCUT2D eigenvalue weighted by Crippen LogP contribution is -2.45. The van der Waals surface area contributed by atoms with Gasteiger partial charge in [0.15, 0.2) is 0 Å². The Labute approximate surface area is 128 Å². The number of allylic oxidation sites excluding steroid dienone is 2. The van der Waals surface area contributed by atoms with Crippen molar-refractivity contribution in [3.05, 3.63) is 51.8 Å². The van der Waals surface area contributed by atoms with Crippen LogP contribution in [-0.4, -0.2) is 23.7 Å². The second-order valence-electron chi connectivity index (χ2n) is 4.81. The highest BCUT2D eigenvalue weighted by Crippen LogP contribution is 2.23. The second-order valence-corrected chi connectivity index (χ2v) is 6.05. The topological polar surface area (TPSA) is 41.3 Å². The Morgan fingerprint density at radius 1 is 1.42 bits per heavy atom. The van der Waals surface area contributed by atoms with Crippen LogP contribution in [0.2, 0.25) is 0 Å². The van der Waals surface area contributed by atoms with Gasteiger partial charge in [0.1, 0.15) is 6.17 Å².